The summed E-state index contributed by atoms with van der Waals surface area (Å²) in [4.78, 5) is 4.43. The van der Waals surface area contributed by atoms with Gasteiger partial charge in [-0.25, -0.2) is 13.4 Å². The topological polar surface area (TPSA) is 59.1 Å². The number of benzene rings is 2. The number of aromatic nitrogens is 1. The van der Waals surface area contributed by atoms with Crippen LogP contribution < -0.4 is 4.72 Å². The van der Waals surface area contributed by atoms with Crippen molar-refractivity contribution >= 4 is 54.0 Å². The van der Waals surface area contributed by atoms with Crippen molar-refractivity contribution in [3.63, 3.8) is 0 Å². The lowest BCUT2D eigenvalue weighted by Gasteiger charge is -2.05. The van der Waals surface area contributed by atoms with Gasteiger partial charge in [0.05, 0.1) is 10.6 Å². The van der Waals surface area contributed by atoms with Crippen LogP contribution in [0.4, 0.5) is 5.13 Å². The van der Waals surface area contributed by atoms with Crippen molar-refractivity contribution in [2.45, 2.75) is 4.90 Å². The van der Waals surface area contributed by atoms with Crippen LogP contribution >= 0.6 is 38.9 Å². The highest BCUT2D eigenvalue weighted by atomic mass is 79.9. The Hall–Kier alpha value is -1.41. The average molecular weight is 430 g/mol. The molecule has 118 valence electrons. The molecular weight excluding hydrogens is 420 g/mol. The molecular formula is C15H10BrClN2O2S2. The third-order valence-electron chi connectivity index (χ3n) is 2.97. The van der Waals surface area contributed by atoms with Gasteiger partial charge in [-0.15, -0.1) is 11.3 Å². The first kappa shape index (κ1) is 16.4. The van der Waals surface area contributed by atoms with Gasteiger partial charge >= 0.3 is 0 Å². The van der Waals surface area contributed by atoms with Crippen LogP contribution in [0.1, 0.15) is 0 Å². The molecule has 0 bridgehead atoms. The maximum atomic E-state index is 12.3. The number of hydrogen-bond donors (Lipinski definition) is 1. The summed E-state index contributed by atoms with van der Waals surface area (Å²) in [6.45, 7) is 0. The van der Waals surface area contributed by atoms with Crippen molar-refractivity contribution in [3.05, 3.63) is 63.4 Å². The zero-order valence-corrected chi connectivity index (χ0v) is 15.5. The molecule has 1 aromatic heterocycles. The van der Waals surface area contributed by atoms with Crippen LogP contribution in [0.2, 0.25) is 5.02 Å². The van der Waals surface area contributed by atoms with Gasteiger partial charge in [-0.3, -0.25) is 4.72 Å². The van der Waals surface area contributed by atoms with Gasteiger partial charge in [0.25, 0.3) is 10.0 Å². The van der Waals surface area contributed by atoms with E-state index in [4.69, 9.17) is 11.6 Å². The number of nitrogens with one attached hydrogen (secondary N) is 1. The molecule has 0 unspecified atom stereocenters. The number of nitrogens with zero attached hydrogens (tertiary/aromatic N) is 1. The van der Waals surface area contributed by atoms with Crippen molar-refractivity contribution in [1.82, 2.24) is 4.98 Å². The average Bonchev–Trinajstić information content (AvgIpc) is 2.96. The van der Waals surface area contributed by atoms with Gasteiger partial charge < -0.3 is 0 Å². The highest BCUT2D eigenvalue weighted by Gasteiger charge is 2.16. The van der Waals surface area contributed by atoms with Crippen molar-refractivity contribution in [2.24, 2.45) is 0 Å². The molecule has 0 aliphatic heterocycles. The molecule has 0 aliphatic carbocycles. The van der Waals surface area contributed by atoms with E-state index < -0.39 is 10.0 Å². The second-order valence-electron chi connectivity index (χ2n) is 4.61. The summed E-state index contributed by atoms with van der Waals surface area (Å²) in [5, 5.41) is 2.48. The van der Waals surface area contributed by atoms with E-state index in [1.807, 2.05) is 24.3 Å². The fourth-order valence-corrected chi connectivity index (χ4v) is 4.42. The number of halogens is 2. The van der Waals surface area contributed by atoms with Crippen LogP contribution in [0.15, 0.2) is 63.3 Å². The van der Waals surface area contributed by atoms with Crippen LogP contribution in [0.3, 0.4) is 0 Å². The Morgan fingerprint density at radius 1 is 1.13 bits per heavy atom. The molecule has 0 radical (unpaired) electrons. The Kier molecular flexibility index (Phi) is 4.72. The monoisotopic (exact) mass is 428 g/mol. The molecule has 23 heavy (non-hydrogen) atoms. The van der Waals surface area contributed by atoms with E-state index in [1.54, 1.807) is 17.5 Å². The molecule has 8 heteroatoms. The van der Waals surface area contributed by atoms with E-state index in [0.717, 1.165) is 10.0 Å². The van der Waals surface area contributed by atoms with Crippen LogP contribution in [-0.2, 0) is 10.0 Å². The molecule has 0 spiro atoms. The molecule has 1 N–H and O–H groups in total. The third-order valence-corrected chi connectivity index (χ3v) is 5.96. The Morgan fingerprint density at radius 3 is 2.57 bits per heavy atom. The summed E-state index contributed by atoms with van der Waals surface area (Å²) < 4.78 is 28.1. The Morgan fingerprint density at radius 2 is 1.87 bits per heavy atom. The maximum absolute atomic E-state index is 12.3. The minimum Gasteiger partial charge on any atom is -0.255 e. The summed E-state index contributed by atoms with van der Waals surface area (Å²) >= 11 is 10.4. The van der Waals surface area contributed by atoms with Gasteiger partial charge in [0.1, 0.15) is 0 Å². The lowest BCUT2D eigenvalue weighted by molar-refractivity contribution is 0.601. The van der Waals surface area contributed by atoms with Gasteiger partial charge in [0.15, 0.2) is 5.13 Å². The molecule has 2 aromatic carbocycles. The summed E-state index contributed by atoms with van der Waals surface area (Å²) in [7, 11) is -3.71. The number of thiazole rings is 1. The zero-order valence-electron chi connectivity index (χ0n) is 11.5. The zero-order chi connectivity index (χ0) is 16.4. The molecule has 3 rings (SSSR count). The van der Waals surface area contributed by atoms with Gasteiger partial charge in [-0.2, -0.15) is 0 Å². The summed E-state index contributed by atoms with van der Waals surface area (Å²) in [5.74, 6) is 0. The Balaban J connectivity index is 1.85. The highest BCUT2D eigenvalue weighted by Crippen LogP contribution is 2.27. The van der Waals surface area contributed by atoms with Crippen molar-refractivity contribution in [3.8, 4) is 11.3 Å². The molecule has 0 fully saturated rings. The van der Waals surface area contributed by atoms with Gasteiger partial charge in [0.2, 0.25) is 0 Å². The molecule has 0 amide bonds. The van der Waals surface area contributed by atoms with Crippen molar-refractivity contribution in [1.29, 1.82) is 0 Å². The summed E-state index contributed by atoms with van der Waals surface area (Å²) in [5.41, 5.74) is 1.63. The molecule has 4 nitrogen and oxygen atoms in total. The van der Waals surface area contributed by atoms with Crippen LogP contribution in [0.5, 0.6) is 0 Å². The van der Waals surface area contributed by atoms with E-state index >= 15 is 0 Å². The Bertz CT molecular complexity index is 940. The number of hydrogen-bond acceptors (Lipinski definition) is 4. The quantitative estimate of drug-likeness (QED) is 0.633. The molecule has 0 aliphatic rings. The lowest BCUT2D eigenvalue weighted by Crippen LogP contribution is -2.12. The summed E-state index contributed by atoms with van der Waals surface area (Å²) in [6.07, 6.45) is 0. The first-order chi connectivity index (χ1) is 10.9. The first-order valence-corrected chi connectivity index (χ1v) is 9.97. The largest absolute Gasteiger partial charge is 0.263 e. The second kappa shape index (κ2) is 6.60. The van der Waals surface area contributed by atoms with E-state index in [0.29, 0.717) is 15.8 Å². The molecule has 3 aromatic rings. The van der Waals surface area contributed by atoms with E-state index in [1.165, 1.54) is 23.5 Å². The van der Waals surface area contributed by atoms with Crippen LogP contribution in [0.25, 0.3) is 11.3 Å². The summed E-state index contributed by atoms with van der Waals surface area (Å²) in [6, 6.07) is 13.7. The molecule has 0 saturated heterocycles. The molecule has 0 saturated carbocycles. The van der Waals surface area contributed by atoms with E-state index in [-0.39, 0.29) is 4.90 Å². The SMILES string of the molecule is O=S(=O)(Nc1nc(-c2ccc(Br)cc2)cs1)c1cccc(Cl)c1. The van der Waals surface area contributed by atoms with Gasteiger partial charge in [-0.1, -0.05) is 45.7 Å². The van der Waals surface area contributed by atoms with Crippen molar-refractivity contribution in [2.75, 3.05) is 4.72 Å². The fourth-order valence-electron chi connectivity index (χ4n) is 1.88. The third kappa shape index (κ3) is 3.92. The standard InChI is InChI=1S/C15H10BrClN2O2S2/c16-11-6-4-10(5-7-11)14-9-22-15(18-14)19-23(20,21)13-3-1-2-12(17)8-13/h1-9H,(H,18,19). The second-order valence-corrected chi connectivity index (χ2v) is 8.50. The predicted octanol–water partition coefficient (Wildman–Crippen LogP) is 5.03. The maximum Gasteiger partial charge on any atom is 0.263 e. The van der Waals surface area contributed by atoms with E-state index in [2.05, 4.69) is 25.6 Å². The lowest BCUT2D eigenvalue weighted by atomic mass is 10.2. The normalized spacial score (nSPS) is 11.4. The van der Waals surface area contributed by atoms with E-state index in [9.17, 15) is 8.42 Å². The number of anilines is 1. The predicted molar refractivity (Wildman–Crippen MR) is 97.5 cm³/mol. The van der Waals surface area contributed by atoms with Crippen molar-refractivity contribution < 1.29 is 8.42 Å². The Labute approximate surface area is 151 Å². The molecule has 0 atom stereocenters. The highest BCUT2D eigenvalue weighted by molar-refractivity contribution is 9.10. The fraction of sp³-hybridized carbons (Fsp3) is 0. The number of rotatable bonds is 4. The van der Waals surface area contributed by atoms with Crippen LogP contribution in [0, 0.1) is 0 Å². The minimum atomic E-state index is -3.71. The number of sulfonamides is 1. The minimum absolute atomic E-state index is 0.102. The van der Waals surface area contributed by atoms with Gasteiger partial charge in [0, 0.05) is 20.4 Å². The first-order valence-electron chi connectivity index (χ1n) is 6.44. The van der Waals surface area contributed by atoms with Crippen LogP contribution in [-0.4, -0.2) is 13.4 Å². The van der Waals surface area contributed by atoms with Gasteiger partial charge in [-0.05, 0) is 30.3 Å². The smallest absolute Gasteiger partial charge is 0.255 e. The molecule has 1 heterocycles.